The molecule has 5 nitrogen and oxygen atoms in total. The smallest absolute Gasteiger partial charge is 0.215 e. The van der Waals surface area contributed by atoms with Crippen LogP contribution >= 0.6 is 0 Å². The van der Waals surface area contributed by atoms with Gasteiger partial charge >= 0.3 is 0 Å². The van der Waals surface area contributed by atoms with Crippen molar-refractivity contribution in [3.63, 3.8) is 0 Å². The highest BCUT2D eigenvalue weighted by Crippen LogP contribution is 2.26. The number of nitrogens with two attached hydrogens (primary N) is 1. The second kappa shape index (κ2) is 6.58. The molecule has 0 spiro atoms. The minimum Gasteiger partial charge on any atom is -0.376 e. The topological polar surface area (TPSA) is 65.7 Å². The van der Waals surface area contributed by atoms with Gasteiger partial charge in [0.15, 0.2) is 0 Å². The van der Waals surface area contributed by atoms with Crippen molar-refractivity contribution < 1.29 is 0 Å². The Labute approximate surface area is 119 Å². The van der Waals surface area contributed by atoms with Crippen molar-refractivity contribution >= 4 is 23.0 Å². The predicted molar refractivity (Wildman–Crippen MR) is 85.3 cm³/mol. The van der Waals surface area contributed by atoms with E-state index in [-0.39, 0.29) is 0 Å². The Balaban J connectivity index is 2.27. The largest absolute Gasteiger partial charge is 0.376 e. The molecule has 2 aromatic rings. The number of nitrogens with one attached hydrogen (secondary N) is 2. The number of anilines is 2. The summed E-state index contributed by atoms with van der Waals surface area (Å²) in [5.41, 5.74) is 5.37. The molecule has 0 saturated carbocycles. The van der Waals surface area contributed by atoms with Gasteiger partial charge in [0.05, 0.1) is 11.4 Å². The molecule has 0 heterocycles. The van der Waals surface area contributed by atoms with Gasteiger partial charge in [-0.3, -0.25) is 5.43 Å². The number of hydrogen-bond acceptors (Lipinski definition) is 3. The summed E-state index contributed by atoms with van der Waals surface area (Å²) in [6, 6.07) is 17.6. The Morgan fingerprint density at radius 1 is 1.00 bits per heavy atom. The second-order valence-electron chi connectivity index (χ2n) is 4.48. The summed E-state index contributed by atoms with van der Waals surface area (Å²) < 4.78 is 0. The maximum Gasteiger partial charge on any atom is 0.215 e. The maximum absolute atomic E-state index is 5.54. The van der Waals surface area contributed by atoms with Gasteiger partial charge in [0.25, 0.3) is 0 Å². The third-order valence-corrected chi connectivity index (χ3v) is 2.77. The van der Waals surface area contributed by atoms with Gasteiger partial charge in [-0.2, -0.15) is 0 Å². The Bertz CT molecular complexity index is 578. The summed E-state index contributed by atoms with van der Waals surface area (Å²) in [5, 5.41) is 3.14. The van der Waals surface area contributed by atoms with Crippen LogP contribution in [-0.2, 0) is 0 Å². The number of guanidine groups is 1. The van der Waals surface area contributed by atoms with Crippen LogP contribution in [0.3, 0.4) is 0 Å². The summed E-state index contributed by atoms with van der Waals surface area (Å²) in [7, 11) is 3.96. The number of benzene rings is 2. The fourth-order valence-electron chi connectivity index (χ4n) is 1.81. The Morgan fingerprint density at radius 3 is 2.30 bits per heavy atom. The molecule has 2 rings (SSSR count). The zero-order chi connectivity index (χ0) is 14.4. The van der Waals surface area contributed by atoms with Crippen LogP contribution in [0.4, 0.5) is 17.1 Å². The summed E-state index contributed by atoms with van der Waals surface area (Å²) in [5.74, 6) is 6.03. The van der Waals surface area contributed by atoms with Crippen molar-refractivity contribution in [1.82, 2.24) is 5.43 Å². The minimum atomic E-state index is 0.491. The first-order valence-electron chi connectivity index (χ1n) is 6.34. The number of nitrogens with zero attached hydrogens (tertiary/aromatic N) is 2. The van der Waals surface area contributed by atoms with Gasteiger partial charge < -0.3 is 10.2 Å². The lowest BCUT2D eigenvalue weighted by Crippen LogP contribution is -2.36. The van der Waals surface area contributed by atoms with Crippen molar-refractivity contribution in [3.05, 3.63) is 54.6 Å². The van der Waals surface area contributed by atoms with E-state index >= 15 is 0 Å². The Hall–Kier alpha value is -2.53. The van der Waals surface area contributed by atoms with Crippen LogP contribution in [0.2, 0.25) is 0 Å². The van der Waals surface area contributed by atoms with Crippen molar-refractivity contribution in [2.45, 2.75) is 0 Å². The van der Waals surface area contributed by atoms with Crippen LogP contribution in [0.1, 0.15) is 0 Å². The van der Waals surface area contributed by atoms with Crippen molar-refractivity contribution in [3.8, 4) is 0 Å². The first-order chi connectivity index (χ1) is 9.70. The normalized spacial score (nSPS) is 11.1. The molecule has 0 atom stereocenters. The Kier molecular flexibility index (Phi) is 4.57. The quantitative estimate of drug-likeness (QED) is 0.346. The predicted octanol–water partition coefficient (Wildman–Crippen LogP) is 2.32. The van der Waals surface area contributed by atoms with Crippen LogP contribution in [0.5, 0.6) is 0 Å². The summed E-state index contributed by atoms with van der Waals surface area (Å²) >= 11 is 0. The lowest BCUT2D eigenvalue weighted by atomic mass is 10.2. The highest BCUT2D eigenvalue weighted by atomic mass is 15.3. The van der Waals surface area contributed by atoms with E-state index in [1.807, 2.05) is 73.6 Å². The monoisotopic (exact) mass is 269 g/mol. The first-order valence-corrected chi connectivity index (χ1v) is 6.34. The fraction of sp³-hybridized carbons (Fsp3) is 0.133. The van der Waals surface area contributed by atoms with E-state index in [9.17, 15) is 0 Å². The highest BCUT2D eigenvalue weighted by Gasteiger charge is 2.04. The lowest BCUT2D eigenvalue weighted by molar-refractivity contribution is 1.02. The van der Waals surface area contributed by atoms with E-state index in [1.54, 1.807) is 0 Å². The minimum absolute atomic E-state index is 0.491. The van der Waals surface area contributed by atoms with Gasteiger partial charge in [-0.05, 0) is 24.3 Å². The van der Waals surface area contributed by atoms with E-state index in [1.165, 1.54) is 0 Å². The molecule has 0 radical (unpaired) electrons. The molecule has 0 amide bonds. The summed E-state index contributed by atoms with van der Waals surface area (Å²) in [6.45, 7) is 0. The zero-order valence-corrected chi connectivity index (χ0v) is 11.7. The maximum atomic E-state index is 5.54. The average Bonchev–Trinajstić information content (AvgIpc) is 2.48. The molecule has 104 valence electrons. The molecule has 0 aromatic heterocycles. The van der Waals surface area contributed by atoms with Gasteiger partial charge in [0, 0.05) is 19.8 Å². The van der Waals surface area contributed by atoms with Crippen LogP contribution < -0.4 is 21.5 Å². The van der Waals surface area contributed by atoms with E-state index < -0.39 is 0 Å². The molecule has 20 heavy (non-hydrogen) atoms. The molecule has 0 aliphatic rings. The number of hydrazine groups is 1. The standard InChI is InChI=1S/C15H19N5/c1-20(2)14-11-7-6-10-13(14)18-15(19-16)17-12-8-4-3-5-9-12/h3-11H,16H2,1-2H3,(H2,17,18,19). The molecular formula is C15H19N5. The van der Waals surface area contributed by atoms with E-state index in [0.29, 0.717) is 5.96 Å². The number of para-hydroxylation sites is 3. The van der Waals surface area contributed by atoms with E-state index in [0.717, 1.165) is 17.1 Å². The fourth-order valence-corrected chi connectivity index (χ4v) is 1.81. The van der Waals surface area contributed by atoms with Gasteiger partial charge in [-0.25, -0.2) is 10.8 Å². The summed E-state index contributed by atoms with van der Waals surface area (Å²) in [4.78, 5) is 6.53. The van der Waals surface area contributed by atoms with Crippen molar-refractivity contribution in [1.29, 1.82) is 0 Å². The third-order valence-electron chi connectivity index (χ3n) is 2.77. The van der Waals surface area contributed by atoms with E-state index in [4.69, 9.17) is 5.84 Å². The molecule has 0 fully saturated rings. The van der Waals surface area contributed by atoms with Gasteiger partial charge in [0.2, 0.25) is 5.96 Å². The molecule has 0 saturated heterocycles. The highest BCUT2D eigenvalue weighted by molar-refractivity contribution is 5.95. The van der Waals surface area contributed by atoms with Crippen molar-refractivity contribution in [2.24, 2.45) is 10.8 Å². The molecule has 4 N–H and O–H groups in total. The third kappa shape index (κ3) is 3.49. The Morgan fingerprint density at radius 2 is 1.65 bits per heavy atom. The van der Waals surface area contributed by atoms with Crippen LogP contribution in [0.15, 0.2) is 59.6 Å². The van der Waals surface area contributed by atoms with Gasteiger partial charge in [-0.15, -0.1) is 0 Å². The summed E-state index contributed by atoms with van der Waals surface area (Å²) in [6.07, 6.45) is 0. The number of aliphatic imine (C=N–C) groups is 1. The van der Waals surface area contributed by atoms with Crippen LogP contribution in [-0.4, -0.2) is 20.1 Å². The van der Waals surface area contributed by atoms with Gasteiger partial charge in [-0.1, -0.05) is 30.3 Å². The molecule has 2 aromatic carbocycles. The average molecular weight is 269 g/mol. The number of hydrogen-bond donors (Lipinski definition) is 3. The molecule has 0 aliphatic carbocycles. The molecule has 0 aliphatic heterocycles. The number of rotatable bonds is 3. The SMILES string of the molecule is CN(C)c1ccccc1N=C(NN)Nc1ccccc1. The van der Waals surface area contributed by atoms with Crippen LogP contribution in [0.25, 0.3) is 0 Å². The molecule has 0 unspecified atom stereocenters. The molecule has 5 heteroatoms. The lowest BCUT2D eigenvalue weighted by Gasteiger charge is -2.16. The van der Waals surface area contributed by atoms with Gasteiger partial charge in [0.1, 0.15) is 0 Å². The molecule has 0 bridgehead atoms. The second-order valence-corrected chi connectivity index (χ2v) is 4.48. The van der Waals surface area contributed by atoms with Crippen LogP contribution in [0, 0.1) is 0 Å². The molecular weight excluding hydrogens is 250 g/mol. The van der Waals surface area contributed by atoms with E-state index in [2.05, 4.69) is 15.7 Å². The zero-order valence-electron chi connectivity index (χ0n) is 11.7. The van der Waals surface area contributed by atoms with Crippen molar-refractivity contribution in [2.75, 3.05) is 24.3 Å². The first kappa shape index (κ1) is 13.9.